The van der Waals surface area contributed by atoms with Crippen molar-refractivity contribution in [3.63, 3.8) is 0 Å². The quantitative estimate of drug-likeness (QED) is 0.423. The molecule has 4 aromatic rings. The third-order valence-corrected chi connectivity index (χ3v) is 5.08. The van der Waals surface area contributed by atoms with Crippen LogP contribution < -0.4 is 0 Å². The maximum atomic E-state index is 4.80. The summed E-state index contributed by atoms with van der Waals surface area (Å²) < 4.78 is 0. The SMILES string of the molecule is CC(C)(C)c1cnc2ncc(-c3ncc4ncccc4c3C(C)(C)C)cc2c1. The Morgan fingerprint density at radius 3 is 2.21 bits per heavy atom. The van der Waals surface area contributed by atoms with E-state index < -0.39 is 0 Å². The van der Waals surface area contributed by atoms with Gasteiger partial charge in [-0.2, -0.15) is 0 Å². The van der Waals surface area contributed by atoms with Gasteiger partial charge < -0.3 is 0 Å². The van der Waals surface area contributed by atoms with Crippen LogP contribution in [0.4, 0.5) is 0 Å². The Kier molecular flexibility index (Phi) is 4.18. The van der Waals surface area contributed by atoms with E-state index in [0.29, 0.717) is 0 Å². The van der Waals surface area contributed by atoms with Gasteiger partial charge >= 0.3 is 0 Å². The second kappa shape index (κ2) is 6.33. The molecule has 0 amide bonds. The van der Waals surface area contributed by atoms with E-state index in [1.54, 1.807) is 0 Å². The zero-order chi connectivity index (χ0) is 20.1. The molecule has 0 aliphatic heterocycles. The lowest BCUT2D eigenvalue weighted by molar-refractivity contribution is 0.588. The molecule has 0 N–H and O–H groups in total. The van der Waals surface area contributed by atoms with Crippen molar-refractivity contribution in [3.05, 3.63) is 60.2 Å². The Balaban J connectivity index is 1.98. The van der Waals surface area contributed by atoms with E-state index in [-0.39, 0.29) is 10.8 Å². The molecule has 28 heavy (non-hydrogen) atoms. The number of rotatable bonds is 1. The van der Waals surface area contributed by atoms with Crippen molar-refractivity contribution >= 4 is 21.9 Å². The topological polar surface area (TPSA) is 51.6 Å². The average Bonchev–Trinajstić information content (AvgIpc) is 2.64. The third-order valence-electron chi connectivity index (χ3n) is 5.08. The molecule has 4 heterocycles. The number of hydrogen-bond donors (Lipinski definition) is 0. The minimum atomic E-state index is -0.0780. The highest BCUT2D eigenvalue weighted by molar-refractivity contribution is 5.90. The van der Waals surface area contributed by atoms with Crippen molar-refractivity contribution in [3.8, 4) is 11.3 Å². The van der Waals surface area contributed by atoms with Crippen LogP contribution in [0.2, 0.25) is 0 Å². The Hall–Kier alpha value is -2.88. The maximum Gasteiger partial charge on any atom is 0.159 e. The molecule has 0 atom stereocenters. The normalized spacial score (nSPS) is 12.6. The van der Waals surface area contributed by atoms with Crippen LogP contribution in [-0.2, 0) is 10.8 Å². The highest BCUT2D eigenvalue weighted by Gasteiger charge is 2.24. The lowest BCUT2D eigenvalue weighted by Gasteiger charge is -2.24. The summed E-state index contributed by atoms with van der Waals surface area (Å²) in [4.78, 5) is 18.5. The number of nitrogens with zero attached hydrogens (tertiary/aromatic N) is 4. The van der Waals surface area contributed by atoms with Crippen molar-refractivity contribution in [2.45, 2.75) is 52.4 Å². The first-order valence-electron chi connectivity index (χ1n) is 9.65. The van der Waals surface area contributed by atoms with Crippen LogP contribution in [0.5, 0.6) is 0 Å². The monoisotopic (exact) mass is 370 g/mol. The van der Waals surface area contributed by atoms with Gasteiger partial charge in [0.1, 0.15) is 0 Å². The zero-order valence-electron chi connectivity index (χ0n) is 17.4. The summed E-state index contributed by atoms with van der Waals surface area (Å²) >= 11 is 0. The van der Waals surface area contributed by atoms with Crippen molar-refractivity contribution in [2.24, 2.45) is 0 Å². The molecule has 4 aromatic heterocycles. The van der Waals surface area contributed by atoms with Gasteiger partial charge in [0.2, 0.25) is 0 Å². The van der Waals surface area contributed by atoms with Gasteiger partial charge in [-0.25, -0.2) is 9.97 Å². The van der Waals surface area contributed by atoms with Crippen LogP contribution in [0.25, 0.3) is 33.2 Å². The van der Waals surface area contributed by atoms with Gasteiger partial charge in [0.05, 0.1) is 17.4 Å². The lowest BCUT2D eigenvalue weighted by atomic mass is 9.82. The molecule has 0 unspecified atom stereocenters. The van der Waals surface area contributed by atoms with E-state index in [0.717, 1.165) is 33.2 Å². The minimum Gasteiger partial charge on any atom is -0.255 e. The summed E-state index contributed by atoms with van der Waals surface area (Å²) in [5.74, 6) is 0. The lowest BCUT2D eigenvalue weighted by Crippen LogP contribution is -2.15. The predicted molar refractivity (Wildman–Crippen MR) is 115 cm³/mol. The molecular weight excluding hydrogens is 344 g/mol. The average molecular weight is 371 g/mol. The van der Waals surface area contributed by atoms with Crippen LogP contribution in [0, 0.1) is 0 Å². The number of aromatic nitrogens is 4. The predicted octanol–water partition coefficient (Wildman–Crippen LogP) is 5.84. The Morgan fingerprint density at radius 2 is 1.50 bits per heavy atom. The second-order valence-corrected chi connectivity index (χ2v) is 9.41. The van der Waals surface area contributed by atoms with E-state index in [2.05, 4.69) is 74.7 Å². The van der Waals surface area contributed by atoms with Crippen molar-refractivity contribution < 1.29 is 0 Å². The molecule has 0 aromatic carbocycles. The second-order valence-electron chi connectivity index (χ2n) is 9.41. The van der Waals surface area contributed by atoms with Gasteiger partial charge in [0, 0.05) is 34.9 Å². The van der Waals surface area contributed by atoms with Crippen LogP contribution in [0.15, 0.2) is 49.1 Å². The molecule has 142 valence electrons. The van der Waals surface area contributed by atoms with Gasteiger partial charge in [0.25, 0.3) is 0 Å². The molecule has 0 saturated heterocycles. The fourth-order valence-electron chi connectivity index (χ4n) is 3.59. The molecule has 0 fully saturated rings. The molecule has 0 aliphatic rings. The summed E-state index contributed by atoms with van der Waals surface area (Å²) in [6.07, 6.45) is 7.47. The van der Waals surface area contributed by atoms with Crippen LogP contribution in [-0.4, -0.2) is 19.9 Å². The number of pyridine rings is 4. The fourth-order valence-corrected chi connectivity index (χ4v) is 3.59. The van der Waals surface area contributed by atoms with Gasteiger partial charge in [0.15, 0.2) is 5.65 Å². The Bertz CT molecular complexity index is 1180. The summed E-state index contributed by atoms with van der Waals surface area (Å²) in [6.45, 7) is 13.2. The van der Waals surface area contributed by atoms with E-state index >= 15 is 0 Å². The Labute approximate surface area is 166 Å². The first kappa shape index (κ1) is 18.5. The summed E-state index contributed by atoms with van der Waals surface area (Å²) in [7, 11) is 0. The molecule has 0 saturated carbocycles. The van der Waals surface area contributed by atoms with Crippen LogP contribution in [0.3, 0.4) is 0 Å². The zero-order valence-corrected chi connectivity index (χ0v) is 17.4. The van der Waals surface area contributed by atoms with Crippen LogP contribution >= 0.6 is 0 Å². The van der Waals surface area contributed by atoms with Crippen molar-refractivity contribution in [2.75, 3.05) is 0 Å². The number of fused-ring (bicyclic) bond motifs is 2. The summed E-state index contributed by atoms with van der Waals surface area (Å²) in [5, 5.41) is 2.18. The van der Waals surface area contributed by atoms with E-state index in [1.807, 2.05) is 30.9 Å². The minimum absolute atomic E-state index is 0.0423. The highest BCUT2D eigenvalue weighted by Crippen LogP contribution is 2.37. The van der Waals surface area contributed by atoms with Gasteiger partial charge in [-0.15, -0.1) is 0 Å². The first-order valence-corrected chi connectivity index (χ1v) is 9.65. The first-order chi connectivity index (χ1) is 13.1. The maximum absolute atomic E-state index is 4.80. The molecule has 4 rings (SSSR count). The molecule has 0 bridgehead atoms. The summed E-state index contributed by atoms with van der Waals surface area (Å²) in [6, 6.07) is 8.46. The van der Waals surface area contributed by atoms with Gasteiger partial charge in [-0.1, -0.05) is 47.6 Å². The van der Waals surface area contributed by atoms with Gasteiger partial charge in [-0.3, -0.25) is 9.97 Å². The molecular formula is C24H26N4. The number of hydrogen-bond acceptors (Lipinski definition) is 4. The molecule has 0 spiro atoms. The van der Waals surface area contributed by atoms with Crippen molar-refractivity contribution in [1.82, 2.24) is 19.9 Å². The standard InChI is InChI=1S/C24H26N4/c1-23(2,3)17-11-15-10-16(12-27-22(15)28-13-17)21-20(24(4,5)6)18-8-7-9-25-19(18)14-26-21/h7-14H,1-6H3. The molecule has 0 aliphatic carbocycles. The third kappa shape index (κ3) is 3.24. The van der Waals surface area contributed by atoms with E-state index in [1.165, 1.54) is 11.1 Å². The van der Waals surface area contributed by atoms with Crippen molar-refractivity contribution in [1.29, 1.82) is 0 Å². The van der Waals surface area contributed by atoms with Gasteiger partial charge in [-0.05, 0) is 40.2 Å². The fraction of sp³-hybridized carbons (Fsp3) is 0.333. The largest absolute Gasteiger partial charge is 0.255 e. The highest BCUT2D eigenvalue weighted by atomic mass is 14.8. The van der Waals surface area contributed by atoms with Crippen LogP contribution in [0.1, 0.15) is 52.7 Å². The Morgan fingerprint density at radius 1 is 0.750 bits per heavy atom. The summed E-state index contributed by atoms with van der Waals surface area (Å²) in [5.41, 5.74) is 6.01. The molecule has 4 heteroatoms. The van der Waals surface area contributed by atoms with E-state index in [4.69, 9.17) is 4.98 Å². The van der Waals surface area contributed by atoms with E-state index in [9.17, 15) is 0 Å². The molecule has 0 radical (unpaired) electrons. The smallest absolute Gasteiger partial charge is 0.159 e. The molecule has 4 nitrogen and oxygen atoms in total.